The molecule has 2 rings (SSSR count). The molecular weight excluding hydrogens is 256 g/mol. The van der Waals surface area contributed by atoms with Gasteiger partial charge in [0.1, 0.15) is 0 Å². The van der Waals surface area contributed by atoms with Crippen LogP contribution in [0.5, 0.6) is 0 Å². The van der Waals surface area contributed by atoms with Gasteiger partial charge in [-0.1, -0.05) is 11.6 Å². The van der Waals surface area contributed by atoms with Crippen molar-refractivity contribution in [2.45, 2.75) is 6.92 Å². The van der Waals surface area contributed by atoms with E-state index in [1.54, 1.807) is 18.2 Å². The summed E-state index contributed by atoms with van der Waals surface area (Å²) in [5, 5.41) is 12.6. The number of halogens is 1. The van der Waals surface area contributed by atoms with Crippen molar-refractivity contribution in [1.29, 1.82) is 0 Å². The van der Waals surface area contributed by atoms with Crippen molar-refractivity contribution < 1.29 is 14.7 Å². The lowest BCUT2D eigenvalue weighted by Gasteiger charge is -2.08. The molecule has 5 nitrogen and oxygen atoms in total. The van der Waals surface area contributed by atoms with Crippen LogP contribution >= 0.6 is 11.6 Å². The van der Waals surface area contributed by atoms with Crippen LogP contribution in [0.15, 0.2) is 24.3 Å². The van der Waals surface area contributed by atoms with Gasteiger partial charge >= 0.3 is 5.97 Å². The Labute approximate surface area is 107 Å². The Morgan fingerprint density at radius 1 is 1.33 bits per heavy atom. The molecule has 2 N–H and O–H groups in total. The third-order valence-electron chi connectivity index (χ3n) is 2.30. The number of fused-ring (bicyclic) bond motifs is 1. The largest absolute Gasteiger partial charge is 0.477 e. The van der Waals surface area contributed by atoms with Gasteiger partial charge in [-0.25, -0.2) is 9.78 Å². The number of anilines is 1. The molecule has 0 aliphatic carbocycles. The summed E-state index contributed by atoms with van der Waals surface area (Å²) in [6.07, 6.45) is 0. The average Bonchev–Trinajstić information content (AvgIpc) is 2.28. The van der Waals surface area contributed by atoms with Crippen molar-refractivity contribution in [1.82, 2.24) is 4.98 Å². The van der Waals surface area contributed by atoms with Gasteiger partial charge in [0.2, 0.25) is 5.91 Å². The fourth-order valence-electron chi connectivity index (χ4n) is 1.60. The third kappa shape index (κ3) is 2.41. The molecule has 18 heavy (non-hydrogen) atoms. The van der Waals surface area contributed by atoms with Gasteiger partial charge in [-0.15, -0.1) is 0 Å². The molecule has 0 fully saturated rings. The zero-order valence-corrected chi connectivity index (χ0v) is 10.2. The topological polar surface area (TPSA) is 79.3 Å². The summed E-state index contributed by atoms with van der Waals surface area (Å²) in [7, 11) is 0. The van der Waals surface area contributed by atoms with Gasteiger partial charge in [-0.3, -0.25) is 4.79 Å². The number of rotatable bonds is 2. The van der Waals surface area contributed by atoms with Crippen molar-refractivity contribution in [3.05, 3.63) is 35.0 Å². The third-order valence-corrected chi connectivity index (χ3v) is 2.54. The molecule has 0 radical (unpaired) electrons. The smallest absolute Gasteiger partial charge is 0.354 e. The zero-order valence-electron chi connectivity index (χ0n) is 9.40. The lowest BCUT2D eigenvalue weighted by atomic mass is 10.1. The highest BCUT2D eigenvalue weighted by molar-refractivity contribution is 6.31. The minimum Gasteiger partial charge on any atom is -0.477 e. The van der Waals surface area contributed by atoms with Gasteiger partial charge in [0.25, 0.3) is 0 Å². The normalized spacial score (nSPS) is 10.3. The molecule has 0 aliphatic heterocycles. The average molecular weight is 265 g/mol. The van der Waals surface area contributed by atoms with Gasteiger partial charge < -0.3 is 10.4 Å². The van der Waals surface area contributed by atoms with Crippen LogP contribution in [-0.2, 0) is 4.79 Å². The fraction of sp³-hybridized carbons (Fsp3) is 0.0833. The quantitative estimate of drug-likeness (QED) is 0.874. The molecule has 0 unspecified atom stereocenters. The minimum atomic E-state index is -1.15. The SMILES string of the molecule is CC(=O)Nc1cc(C(=O)O)nc2ccc(Cl)cc12. The molecule has 0 spiro atoms. The zero-order chi connectivity index (χ0) is 13.3. The lowest BCUT2D eigenvalue weighted by molar-refractivity contribution is -0.114. The number of nitrogens with one attached hydrogen (secondary N) is 1. The second-order valence-corrected chi connectivity index (χ2v) is 4.14. The van der Waals surface area contributed by atoms with Crippen molar-refractivity contribution in [2.24, 2.45) is 0 Å². The molecule has 1 amide bonds. The standard InChI is InChI=1S/C12H9ClN2O3/c1-6(16)14-10-5-11(12(17)18)15-9-3-2-7(13)4-8(9)10/h2-5H,1H3,(H,17,18)(H,14,15,16). The van der Waals surface area contributed by atoms with E-state index in [4.69, 9.17) is 16.7 Å². The molecule has 1 heterocycles. The Bertz CT molecular complexity index is 655. The van der Waals surface area contributed by atoms with E-state index in [0.717, 1.165) is 0 Å². The summed E-state index contributed by atoms with van der Waals surface area (Å²) in [5.74, 6) is -1.45. The summed E-state index contributed by atoms with van der Waals surface area (Å²) in [5.41, 5.74) is 0.712. The van der Waals surface area contributed by atoms with E-state index >= 15 is 0 Å². The number of carboxylic acid groups (broad SMARTS) is 1. The Balaban J connectivity index is 2.72. The monoisotopic (exact) mass is 264 g/mol. The number of carbonyl (C=O) groups excluding carboxylic acids is 1. The number of hydrogen-bond acceptors (Lipinski definition) is 3. The first-order valence-electron chi connectivity index (χ1n) is 5.08. The fourth-order valence-corrected chi connectivity index (χ4v) is 1.77. The van der Waals surface area contributed by atoms with Crippen LogP contribution in [0, 0.1) is 0 Å². The predicted octanol–water partition coefficient (Wildman–Crippen LogP) is 2.54. The van der Waals surface area contributed by atoms with Gasteiger partial charge in [0.05, 0.1) is 11.2 Å². The highest BCUT2D eigenvalue weighted by Crippen LogP contribution is 2.26. The molecule has 1 aromatic carbocycles. The molecule has 0 aliphatic rings. The summed E-state index contributed by atoms with van der Waals surface area (Å²) < 4.78 is 0. The van der Waals surface area contributed by atoms with Crippen molar-refractivity contribution in [2.75, 3.05) is 5.32 Å². The second kappa shape index (κ2) is 4.62. The van der Waals surface area contributed by atoms with Crippen LogP contribution in [0.25, 0.3) is 10.9 Å². The molecule has 92 valence electrons. The van der Waals surface area contributed by atoms with Crippen molar-refractivity contribution in [3.63, 3.8) is 0 Å². The molecule has 0 atom stereocenters. The van der Waals surface area contributed by atoms with E-state index in [1.807, 2.05) is 0 Å². The summed E-state index contributed by atoms with van der Waals surface area (Å²) in [6, 6.07) is 6.15. The first kappa shape index (κ1) is 12.3. The highest BCUT2D eigenvalue weighted by atomic mass is 35.5. The van der Waals surface area contributed by atoms with Gasteiger partial charge in [-0.05, 0) is 24.3 Å². The van der Waals surface area contributed by atoms with E-state index < -0.39 is 5.97 Å². The van der Waals surface area contributed by atoms with Gasteiger partial charge in [-0.2, -0.15) is 0 Å². The Kier molecular flexibility index (Phi) is 3.16. The maximum absolute atomic E-state index is 11.1. The van der Waals surface area contributed by atoms with Crippen molar-refractivity contribution >= 4 is 40.1 Å². The lowest BCUT2D eigenvalue weighted by Crippen LogP contribution is -2.09. The Morgan fingerprint density at radius 3 is 2.67 bits per heavy atom. The van der Waals surface area contributed by atoms with Gasteiger partial charge in [0, 0.05) is 17.3 Å². The van der Waals surface area contributed by atoms with Crippen molar-refractivity contribution in [3.8, 4) is 0 Å². The number of hydrogen-bond donors (Lipinski definition) is 2. The molecular formula is C12H9ClN2O3. The summed E-state index contributed by atoms with van der Waals surface area (Å²) in [4.78, 5) is 26.0. The number of nitrogens with zero attached hydrogens (tertiary/aromatic N) is 1. The highest BCUT2D eigenvalue weighted by Gasteiger charge is 2.12. The van der Waals surface area contributed by atoms with E-state index in [9.17, 15) is 9.59 Å². The minimum absolute atomic E-state index is 0.131. The maximum Gasteiger partial charge on any atom is 0.354 e. The second-order valence-electron chi connectivity index (χ2n) is 3.70. The Morgan fingerprint density at radius 2 is 2.06 bits per heavy atom. The first-order chi connectivity index (χ1) is 8.47. The predicted molar refractivity (Wildman–Crippen MR) is 68.0 cm³/mol. The van der Waals surface area contributed by atoms with Crippen LogP contribution in [0.3, 0.4) is 0 Å². The number of pyridine rings is 1. The van der Waals surface area contributed by atoms with E-state index in [1.165, 1.54) is 13.0 Å². The summed E-state index contributed by atoms with van der Waals surface area (Å²) >= 11 is 5.87. The van der Waals surface area contributed by atoms with Gasteiger partial charge in [0.15, 0.2) is 5.69 Å². The first-order valence-corrected chi connectivity index (χ1v) is 5.46. The number of carbonyl (C=O) groups is 2. The number of aromatic carboxylic acids is 1. The van der Waals surface area contributed by atoms with Crippen LogP contribution in [0.4, 0.5) is 5.69 Å². The van der Waals surface area contributed by atoms with E-state index in [-0.39, 0.29) is 11.6 Å². The number of carboxylic acids is 1. The van der Waals surface area contributed by atoms with Crippen LogP contribution in [0.1, 0.15) is 17.4 Å². The van der Waals surface area contributed by atoms with Crippen LogP contribution in [0.2, 0.25) is 5.02 Å². The van der Waals surface area contributed by atoms with Crippen LogP contribution in [-0.4, -0.2) is 22.0 Å². The number of amides is 1. The van der Waals surface area contributed by atoms with E-state index in [0.29, 0.717) is 21.6 Å². The summed E-state index contributed by atoms with van der Waals surface area (Å²) in [6.45, 7) is 1.34. The Hall–Kier alpha value is -2.14. The molecule has 1 aromatic heterocycles. The maximum atomic E-state index is 11.1. The number of benzene rings is 1. The number of aromatic nitrogens is 1. The van der Waals surface area contributed by atoms with E-state index in [2.05, 4.69) is 10.3 Å². The van der Waals surface area contributed by atoms with Crippen LogP contribution < -0.4 is 5.32 Å². The molecule has 0 bridgehead atoms. The molecule has 0 saturated carbocycles. The molecule has 0 saturated heterocycles. The molecule has 2 aromatic rings. The molecule has 6 heteroatoms.